The van der Waals surface area contributed by atoms with Crippen molar-refractivity contribution in [1.82, 2.24) is 0 Å². The molecule has 0 heterocycles. The third-order valence-electron chi connectivity index (χ3n) is 2.98. The number of hydrogen-bond acceptors (Lipinski definition) is 6. The van der Waals surface area contributed by atoms with Gasteiger partial charge in [0.25, 0.3) is 0 Å². The van der Waals surface area contributed by atoms with Crippen LogP contribution in [-0.4, -0.2) is 32.9 Å². The van der Waals surface area contributed by atoms with Crippen molar-refractivity contribution in [1.29, 1.82) is 0 Å². The van der Waals surface area contributed by atoms with Crippen molar-refractivity contribution in [3.05, 3.63) is 39.4 Å². The number of benzene rings is 1. The summed E-state index contributed by atoms with van der Waals surface area (Å²) in [4.78, 5) is 27.1. The standard InChI is InChI=1S/C13H11N3O5/c1-19-8-5-9(20-2)13(21-3)11-10(8)7(17)4-6(12(11)18)15-16-14/h4-5H,1-3H3. The molecule has 0 saturated carbocycles. The molecule has 0 fully saturated rings. The molecule has 8 nitrogen and oxygen atoms in total. The third-order valence-corrected chi connectivity index (χ3v) is 2.98. The molecule has 0 spiro atoms. The van der Waals surface area contributed by atoms with Crippen LogP contribution in [0.15, 0.2) is 23.0 Å². The maximum atomic E-state index is 12.4. The van der Waals surface area contributed by atoms with Crippen LogP contribution in [0.1, 0.15) is 20.7 Å². The van der Waals surface area contributed by atoms with Gasteiger partial charge in [-0.15, -0.1) is 0 Å². The molecule has 108 valence electrons. The van der Waals surface area contributed by atoms with Gasteiger partial charge in [0, 0.05) is 11.0 Å². The number of ether oxygens (including phenoxy) is 3. The Labute approximate surface area is 119 Å². The van der Waals surface area contributed by atoms with Gasteiger partial charge in [-0.3, -0.25) is 9.59 Å². The van der Waals surface area contributed by atoms with Gasteiger partial charge in [0.2, 0.25) is 0 Å². The molecule has 8 heteroatoms. The number of Topliss-reactive ketones (excluding diaryl/α,β-unsaturated/α-hetero) is 1. The van der Waals surface area contributed by atoms with E-state index in [1.165, 1.54) is 27.4 Å². The van der Waals surface area contributed by atoms with E-state index in [-0.39, 0.29) is 34.1 Å². The fraction of sp³-hybridized carbons (Fsp3) is 0.231. The molecule has 0 amide bonds. The third kappa shape index (κ3) is 2.17. The summed E-state index contributed by atoms with van der Waals surface area (Å²) in [5.74, 6) is -0.639. The summed E-state index contributed by atoms with van der Waals surface area (Å²) in [7, 11) is 4.10. The van der Waals surface area contributed by atoms with Gasteiger partial charge in [-0.05, 0) is 11.6 Å². The summed E-state index contributed by atoms with van der Waals surface area (Å²) in [6, 6.07) is 1.45. The summed E-state index contributed by atoms with van der Waals surface area (Å²) in [5.41, 5.74) is 8.18. The summed E-state index contributed by atoms with van der Waals surface area (Å²) in [6.07, 6.45) is 0.971. The monoisotopic (exact) mass is 289 g/mol. The number of carbonyl (C=O) groups excluding carboxylic acids is 2. The lowest BCUT2D eigenvalue weighted by Crippen LogP contribution is -2.18. The number of nitrogens with zero attached hydrogens (tertiary/aromatic N) is 3. The van der Waals surface area contributed by atoms with Crippen LogP contribution in [0, 0.1) is 0 Å². The maximum absolute atomic E-state index is 12.4. The predicted molar refractivity (Wildman–Crippen MR) is 72.0 cm³/mol. The van der Waals surface area contributed by atoms with Crippen LogP contribution < -0.4 is 14.2 Å². The predicted octanol–water partition coefficient (Wildman–Crippen LogP) is 2.29. The second-order valence-corrected chi connectivity index (χ2v) is 3.98. The van der Waals surface area contributed by atoms with Gasteiger partial charge in [0.1, 0.15) is 5.75 Å². The molecule has 21 heavy (non-hydrogen) atoms. The zero-order valence-corrected chi connectivity index (χ0v) is 11.5. The number of carbonyl (C=O) groups is 2. The van der Waals surface area contributed by atoms with Crippen LogP contribution in [0.3, 0.4) is 0 Å². The molecule has 0 atom stereocenters. The average Bonchev–Trinajstić information content (AvgIpc) is 2.50. The molecule has 0 unspecified atom stereocenters. The first-order chi connectivity index (χ1) is 10.1. The lowest BCUT2D eigenvalue weighted by atomic mass is 9.90. The summed E-state index contributed by atoms with van der Waals surface area (Å²) in [5, 5.41) is 3.23. The minimum atomic E-state index is -0.628. The Hall–Kier alpha value is -2.99. The first-order valence-corrected chi connectivity index (χ1v) is 5.77. The van der Waals surface area contributed by atoms with E-state index in [1.807, 2.05) is 0 Å². The lowest BCUT2D eigenvalue weighted by molar-refractivity contribution is 0.0977. The van der Waals surface area contributed by atoms with E-state index in [9.17, 15) is 9.59 Å². The quantitative estimate of drug-likeness (QED) is 0.479. The fourth-order valence-corrected chi connectivity index (χ4v) is 2.11. The molecule has 1 aromatic rings. The average molecular weight is 289 g/mol. The van der Waals surface area contributed by atoms with E-state index < -0.39 is 11.6 Å². The van der Waals surface area contributed by atoms with Crippen molar-refractivity contribution in [3.63, 3.8) is 0 Å². The van der Waals surface area contributed by atoms with Crippen LogP contribution in [0.5, 0.6) is 17.2 Å². The van der Waals surface area contributed by atoms with Crippen molar-refractivity contribution in [2.75, 3.05) is 21.3 Å². The Balaban J connectivity index is 2.84. The maximum Gasteiger partial charge on any atom is 0.200 e. The highest BCUT2D eigenvalue weighted by Gasteiger charge is 2.33. The molecule has 0 radical (unpaired) electrons. The van der Waals surface area contributed by atoms with Gasteiger partial charge in [-0.1, -0.05) is 5.11 Å². The number of allylic oxidation sites excluding steroid dienone is 2. The minimum absolute atomic E-state index is 0.0383. The van der Waals surface area contributed by atoms with Gasteiger partial charge in [0.05, 0.1) is 38.2 Å². The smallest absolute Gasteiger partial charge is 0.200 e. The Morgan fingerprint density at radius 3 is 2.24 bits per heavy atom. The van der Waals surface area contributed by atoms with Gasteiger partial charge in [-0.2, -0.15) is 0 Å². The van der Waals surface area contributed by atoms with Crippen molar-refractivity contribution >= 4 is 11.6 Å². The van der Waals surface area contributed by atoms with Crippen LogP contribution in [0.4, 0.5) is 0 Å². The van der Waals surface area contributed by atoms with E-state index in [2.05, 4.69) is 10.0 Å². The summed E-state index contributed by atoms with van der Waals surface area (Å²) >= 11 is 0. The largest absolute Gasteiger partial charge is 0.496 e. The Kier molecular flexibility index (Phi) is 3.82. The molecule has 0 aromatic heterocycles. The van der Waals surface area contributed by atoms with Crippen LogP contribution in [-0.2, 0) is 0 Å². The molecule has 0 aliphatic heterocycles. The van der Waals surface area contributed by atoms with Crippen LogP contribution in [0.25, 0.3) is 10.4 Å². The van der Waals surface area contributed by atoms with E-state index in [0.29, 0.717) is 0 Å². The van der Waals surface area contributed by atoms with Gasteiger partial charge in [0.15, 0.2) is 23.1 Å². The van der Waals surface area contributed by atoms with Crippen molar-refractivity contribution in [2.45, 2.75) is 0 Å². The number of methoxy groups -OCH3 is 3. The molecule has 0 bridgehead atoms. The van der Waals surface area contributed by atoms with Crippen LogP contribution in [0.2, 0.25) is 0 Å². The first-order valence-electron chi connectivity index (χ1n) is 5.77. The summed E-state index contributed by atoms with van der Waals surface area (Å²) in [6.45, 7) is 0. The Bertz CT molecular complexity index is 717. The van der Waals surface area contributed by atoms with Gasteiger partial charge in [-0.25, -0.2) is 0 Å². The molecule has 1 aliphatic rings. The van der Waals surface area contributed by atoms with E-state index >= 15 is 0 Å². The SMILES string of the molecule is COc1cc(OC)c2c(c1OC)C(=O)C(N=[N+]=[N-])=CC2=O. The molecule has 2 rings (SSSR count). The molecule has 1 aliphatic carbocycles. The second-order valence-electron chi connectivity index (χ2n) is 3.98. The molecule has 1 aromatic carbocycles. The molecular formula is C13H11N3O5. The number of ketones is 2. The first kappa shape index (κ1) is 14.4. The summed E-state index contributed by atoms with van der Waals surface area (Å²) < 4.78 is 15.4. The number of fused-ring (bicyclic) bond motifs is 1. The van der Waals surface area contributed by atoms with E-state index in [1.54, 1.807) is 0 Å². The Morgan fingerprint density at radius 2 is 1.71 bits per heavy atom. The number of rotatable bonds is 4. The highest BCUT2D eigenvalue weighted by Crippen LogP contribution is 2.42. The lowest BCUT2D eigenvalue weighted by Gasteiger charge is -2.20. The van der Waals surface area contributed by atoms with E-state index in [4.69, 9.17) is 19.7 Å². The van der Waals surface area contributed by atoms with Crippen molar-refractivity contribution < 1.29 is 23.8 Å². The topological polar surface area (TPSA) is 111 Å². The zero-order chi connectivity index (χ0) is 15.6. The zero-order valence-electron chi connectivity index (χ0n) is 11.5. The second kappa shape index (κ2) is 5.56. The highest BCUT2D eigenvalue weighted by molar-refractivity contribution is 6.26. The minimum Gasteiger partial charge on any atom is -0.496 e. The molecule has 0 N–H and O–H groups in total. The Morgan fingerprint density at radius 1 is 1.05 bits per heavy atom. The fourth-order valence-electron chi connectivity index (χ4n) is 2.11. The van der Waals surface area contributed by atoms with Crippen molar-refractivity contribution in [2.24, 2.45) is 5.11 Å². The van der Waals surface area contributed by atoms with Gasteiger partial charge >= 0.3 is 0 Å². The van der Waals surface area contributed by atoms with E-state index in [0.717, 1.165) is 6.08 Å². The molecular weight excluding hydrogens is 278 g/mol. The normalized spacial score (nSPS) is 13.0. The molecule has 0 saturated heterocycles. The highest BCUT2D eigenvalue weighted by atomic mass is 16.5. The van der Waals surface area contributed by atoms with Crippen molar-refractivity contribution in [3.8, 4) is 17.2 Å². The number of hydrogen-bond donors (Lipinski definition) is 0. The van der Waals surface area contributed by atoms with Crippen LogP contribution >= 0.6 is 0 Å². The number of azide groups is 1. The van der Waals surface area contributed by atoms with Gasteiger partial charge < -0.3 is 14.2 Å².